The zero-order valence-corrected chi connectivity index (χ0v) is 16.3. The van der Waals surface area contributed by atoms with Crippen LogP contribution < -0.4 is 10.6 Å². The molecule has 3 aromatic rings. The van der Waals surface area contributed by atoms with Gasteiger partial charge in [0.1, 0.15) is 0 Å². The Hall–Kier alpha value is -2.89. The molecule has 0 fully saturated rings. The number of hydrogen-bond acceptors (Lipinski definition) is 4. The molecule has 0 aliphatic carbocycles. The molecule has 6 heteroatoms. The SMILES string of the molecule is CC(C)C(CNC(=O)c1cnc2c(cnn2C(C)C)c1)Nc1ccccc1. The van der Waals surface area contributed by atoms with E-state index in [9.17, 15) is 4.79 Å². The number of hydrogen-bond donors (Lipinski definition) is 2. The normalized spacial score (nSPS) is 12.5. The van der Waals surface area contributed by atoms with Gasteiger partial charge in [-0.15, -0.1) is 0 Å². The molecule has 1 unspecified atom stereocenters. The number of anilines is 1. The molecule has 1 aromatic carbocycles. The number of nitrogens with zero attached hydrogens (tertiary/aromatic N) is 3. The van der Waals surface area contributed by atoms with Crippen molar-refractivity contribution in [2.45, 2.75) is 39.8 Å². The first-order valence-electron chi connectivity index (χ1n) is 9.38. The highest BCUT2D eigenvalue weighted by atomic mass is 16.1. The minimum absolute atomic E-state index is 0.123. The highest BCUT2D eigenvalue weighted by Gasteiger charge is 2.16. The van der Waals surface area contributed by atoms with E-state index in [1.165, 1.54) is 0 Å². The van der Waals surface area contributed by atoms with Crippen LogP contribution in [-0.2, 0) is 0 Å². The summed E-state index contributed by atoms with van der Waals surface area (Å²) in [5.41, 5.74) is 2.40. The molecule has 2 N–H and O–H groups in total. The highest BCUT2D eigenvalue weighted by Crippen LogP contribution is 2.17. The molecular formula is C21H27N5O. The molecule has 1 atom stereocenters. The second kappa shape index (κ2) is 8.20. The Bertz CT molecular complexity index is 901. The Kier molecular flexibility index (Phi) is 5.74. The first-order valence-corrected chi connectivity index (χ1v) is 9.38. The molecule has 142 valence electrons. The van der Waals surface area contributed by atoms with Crippen LogP contribution in [0.5, 0.6) is 0 Å². The smallest absolute Gasteiger partial charge is 0.252 e. The molecule has 0 aliphatic heterocycles. The minimum atomic E-state index is -0.123. The maximum absolute atomic E-state index is 12.6. The average Bonchev–Trinajstić information content (AvgIpc) is 3.09. The molecule has 2 heterocycles. The quantitative estimate of drug-likeness (QED) is 0.666. The van der Waals surface area contributed by atoms with E-state index in [0.29, 0.717) is 18.0 Å². The molecule has 0 spiro atoms. The lowest BCUT2D eigenvalue weighted by Gasteiger charge is -2.24. The number of rotatable bonds is 7. The zero-order chi connectivity index (χ0) is 19.4. The number of carbonyl (C=O) groups excluding carboxylic acids is 1. The minimum Gasteiger partial charge on any atom is -0.380 e. The molecule has 0 saturated heterocycles. The van der Waals surface area contributed by atoms with Gasteiger partial charge in [-0.1, -0.05) is 32.0 Å². The van der Waals surface area contributed by atoms with E-state index >= 15 is 0 Å². The Labute approximate surface area is 160 Å². The average molecular weight is 365 g/mol. The third-order valence-corrected chi connectivity index (χ3v) is 4.60. The van der Waals surface area contributed by atoms with Gasteiger partial charge in [0.15, 0.2) is 5.65 Å². The molecule has 0 radical (unpaired) electrons. The van der Waals surface area contributed by atoms with Crippen LogP contribution >= 0.6 is 0 Å². The molecular weight excluding hydrogens is 338 g/mol. The Morgan fingerprint density at radius 1 is 1.11 bits per heavy atom. The second-order valence-corrected chi connectivity index (χ2v) is 7.39. The number of nitrogens with one attached hydrogen (secondary N) is 2. The first-order chi connectivity index (χ1) is 13.0. The topological polar surface area (TPSA) is 71.8 Å². The van der Waals surface area contributed by atoms with Crippen LogP contribution in [0.4, 0.5) is 5.69 Å². The van der Waals surface area contributed by atoms with Gasteiger partial charge in [-0.25, -0.2) is 9.67 Å². The largest absolute Gasteiger partial charge is 0.380 e. The fourth-order valence-electron chi connectivity index (χ4n) is 2.95. The van der Waals surface area contributed by atoms with Crippen molar-refractivity contribution in [1.82, 2.24) is 20.1 Å². The van der Waals surface area contributed by atoms with E-state index in [2.05, 4.69) is 48.4 Å². The maximum Gasteiger partial charge on any atom is 0.252 e. The van der Waals surface area contributed by atoms with Gasteiger partial charge in [0.2, 0.25) is 0 Å². The van der Waals surface area contributed by atoms with Gasteiger partial charge >= 0.3 is 0 Å². The van der Waals surface area contributed by atoms with E-state index in [1.807, 2.05) is 41.1 Å². The zero-order valence-electron chi connectivity index (χ0n) is 16.3. The number of pyridine rings is 1. The van der Waals surface area contributed by atoms with Crippen molar-refractivity contribution in [3.8, 4) is 0 Å². The fourth-order valence-corrected chi connectivity index (χ4v) is 2.95. The van der Waals surface area contributed by atoms with Gasteiger partial charge in [0, 0.05) is 35.9 Å². The molecule has 2 aromatic heterocycles. The van der Waals surface area contributed by atoms with Crippen molar-refractivity contribution in [2.24, 2.45) is 5.92 Å². The number of para-hydroxylation sites is 1. The Morgan fingerprint density at radius 2 is 1.85 bits per heavy atom. The van der Waals surface area contributed by atoms with Crippen molar-refractivity contribution in [3.05, 3.63) is 54.4 Å². The van der Waals surface area contributed by atoms with E-state index in [0.717, 1.165) is 16.7 Å². The highest BCUT2D eigenvalue weighted by molar-refractivity contribution is 5.96. The van der Waals surface area contributed by atoms with E-state index < -0.39 is 0 Å². The second-order valence-electron chi connectivity index (χ2n) is 7.39. The van der Waals surface area contributed by atoms with Crippen LogP contribution in [0.3, 0.4) is 0 Å². The predicted octanol–water partition coefficient (Wildman–Crippen LogP) is 3.88. The fraction of sp³-hybridized carbons (Fsp3) is 0.381. The molecule has 27 heavy (non-hydrogen) atoms. The number of carbonyl (C=O) groups is 1. The maximum atomic E-state index is 12.6. The van der Waals surface area contributed by atoms with E-state index in [-0.39, 0.29) is 18.0 Å². The van der Waals surface area contributed by atoms with Crippen molar-refractivity contribution in [1.29, 1.82) is 0 Å². The summed E-state index contributed by atoms with van der Waals surface area (Å²) in [4.78, 5) is 17.0. The van der Waals surface area contributed by atoms with Crippen molar-refractivity contribution < 1.29 is 4.79 Å². The monoisotopic (exact) mass is 365 g/mol. The van der Waals surface area contributed by atoms with Crippen LogP contribution in [0, 0.1) is 5.92 Å². The van der Waals surface area contributed by atoms with Crippen LogP contribution in [-0.4, -0.2) is 33.3 Å². The van der Waals surface area contributed by atoms with Crippen LogP contribution in [0.2, 0.25) is 0 Å². The number of fused-ring (bicyclic) bond motifs is 1. The molecule has 0 bridgehead atoms. The summed E-state index contributed by atoms with van der Waals surface area (Å²) < 4.78 is 1.86. The van der Waals surface area contributed by atoms with Gasteiger partial charge in [-0.2, -0.15) is 5.10 Å². The summed E-state index contributed by atoms with van der Waals surface area (Å²) in [6.07, 6.45) is 3.38. The number of benzene rings is 1. The van der Waals surface area contributed by atoms with Crippen molar-refractivity contribution >= 4 is 22.6 Å². The summed E-state index contributed by atoms with van der Waals surface area (Å²) >= 11 is 0. The Balaban J connectivity index is 1.67. The van der Waals surface area contributed by atoms with Crippen LogP contribution in [0.1, 0.15) is 44.1 Å². The lowest BCUT2D eigenvalue weighted by atomic mass is 10.0. The van der Waals surface area contributed by atoms with Gasteiger partial charge in [-0.05, 0) is 38.0 Å². The predicted molar refractivity (Wildman–Crippen MR) is 109 cm³/mol. The van der Waals surface area contributed by atoms with Crippen LogP contribution in [0.25, 0.3) is 11.0 Å². The van der Waals surface area contributed by atoms with Gasteiger partial charge < -0.3 is 10.6 Å². The van der Waals surface area contributed by atoms with Gasteiger partial charge in [-0.3, -0.25) is 4.79 Å². The van der Waals surface area contributed by atoms with Gasteiger partial charge in [0.25, 0.3) is 5.91 Å². The molecule has 0 aliphatic rings. The number of amides is 1. The molecule has 0 saturated carbocycles. The van der Waals surface area contributed by atoms with Crippen LogP contribution in [0.15, 0.2) is 48.8 Å². The van der Waals surface area contributed by atoms with E-state index in [1.54, 1.807) is 12.4 Å². The first kappa shape index (κ1) is 18.9. The summed E-state index contributed by atoms with van der Waals surface area (Å²) in [7, 11) is 0. The van der Waals surface area contributed by atoms with E-state index in [4.69, 9.17) is 0 Å². The van der Waals surface area contributed by atoms with Gasteiger partial charge in [0.05, 0.1) is 11.8 Å². The number of aromatic nitrogens is 3. The molecule has 1 amide bonds. The summed E-state index contributed by atoms with van der Waals surface area (Å²) in [6, 6.07) is 12.2. The summed E-state index contributed by atoms with van der Waals surface area (Å²) in [6.45, 7) is 8.93. The molecule has 3 rings (SSSR count). The Morgan fingerprint density at radius 3 is 2.52 bits per heavy atom. The van der Waals surface area contributed by atoms with Crippen molar-refractivity contribution in [2.75, 3.05) is 11.9 Å². The van der Waals surface area contributed by atoms with Crippen molar-refractivity contribution in [3.63, 3.8) is 0 Å². The standard InChI is InChI=1S/C21H27N5O/c1-14(2)19(25-18-8-6-5-7-9-18)13-23-21(27)17-10-16-12-24-26(15(3)4)20(16)22-11-17/h5-12,14-15,19,25H,13H2,1-4H3,(H,23,27). The lowest BCUT2D eigenvalue weighted by molar-refractivity contribution is 0.0950. The third kappa shape index (κ3) is 4.45. The molecule has 6 nitrogen and oxygen atoms in total. The lowest BCUT2D eigenvalue weighted by Crippen LogP contribution is -2.39. The summed E-state index contributed by atoms with van der Waals surface area (Å²) in [5, 5.41) is 11.7. The third-order valence-electron chi connectivity index (χ3n) is 4.60. The summed E-state index contributed by atoms with van der Waals surface area (Å²) in [5.74, 6) is 0.248.